The van der Waals surface area contributed by atoms with Crippen molar-refractivity contribution >= 4 is 12.0 Å². The Kier molecular flexibility index (Phi) is 5.91. The van der Waals surface area contributed by atoms with Gasteiger partial charge in [0.25, 0.3) is 0 Å². The number of urea groups is 1. The quantitative estimate of drug-likeness (QED) is 0.695. The summed E-state index contributed by atoms with van der Waals surface area (Å²) in [6.07, 6.45) is 2.25. The molecule has 104 valence electrons. The number of amides is 2. The predicted octanol–water partition coefficient (Wildman–Crippen LogP) is 0.318. The zero-order valence-electron chi connectivity index (χ0n) is 11.1. The van der Waals surface area contributed by atoms with Crippen molar-refractivity contribution in [3.05, 3.63) is 0 Å². The standard InChI is InChI=1S/C12H23N3O3/c1-3-4-14-10-5-9(6-11(16)18-2)7-15(8-10)12(13)17/h9-10,14H,3-8H2,1-2H3,(H2,13,17). The second-order valence-corrected chi connectivity index (χ2v) is 4.78. The molecule has 0 radical (unpaired) electrons. The summed E-state index contributed by atoms with van der Waals surface area (Å²) in [5, 5.41) is 3.38. The normalized spacial score (nSPS) is 23.8. The molecule has 1 aliphatic heterocycles. The van der Waals surface area contributed by atoms with Crippen molar-refractivity contribution < 1.29 is 14.3 Å². The number of nitrogens with one attached hydrogen (secondary N) is 1. The van der Waals surface area contributed by atoms with E-state index in [4.69, 9.17) is 5.73 Å². The fourth-order valence-electron chi connectivity index (χ4n) is 2.35. The SMILES string of the molecule is CCCNC1CC(CC(=O)OC)CN(C(N)=O)C1. The number of hydrogen-bond donors (Lipinski definition) is 2. The number of nitrogens with two attached hydrogens (primary N) is 1. The van der Waals surface area contributed by atoms with E-state index in [1.807, 2.05) is 0 Å². The van der Waals surface area contributed by atoms with Crippen molar-refractivity contribution in [2.45, 2.75) is 32.2 Å². The fraction of sp³-hybridized carbons (Fsp3) is 0.833. The second-order valence-electron chi connectivity index (χ2n) is 4.78. The fourth-order valence-corrected chi connectivity index (χ4v) is 2.35. The molecule has 6 heteroatoms. The van der Waals surface area contributed by atoms with Gasteiger partial charge in [0.2, 0.25) is 0 Å². The van der Waals surface area contributed by atoms with Gasteiger partial charge in [0, 0.05) is 19.1 Å². The summed E-state index contributed by atoms with van der Waals surface area (Å²) in [6.45, 7) is 4.15. The minimum Gasteiger partial charge on any atom is -0.469 e. The molecule has 1 fully saturated rings. The van der Waals surface area contributed by atoms with Gasteiger partial charge < -0.3 is 20.7 Å². The molecule has 2 amide bonds. The lowest BCUT2D eigenvalue weighted by atomic mass is 9.91. The highest BCUT2D eigenvalue weighted by Gasteiger charge is 2.30. The van der Waals surface area contributed by atoms with Gasteiger partial charge in [-0.1, -0.05) is 6.92 Å². The van der Waals surface area contributed by atoms with Crippen LogP contribution in [0.25, 0.3) is 0 Å². The molecule has 0 aromatic carbocycles. The zero-order valence-corrected chi connectivity index (χ0v) is 11.1. The third-order valence-electron chi connectivity index (χ3n) is 3.21. The van der Waals surface area contributed by atoms with Gasteiger partial charge in [-0.3, -0.25) is 4.79 Å². The lowest BCUT2D eigenvalue weighted by Gasteiger charge is -2.37. The minimum absolute atomic E-state index is 0.119. The minimum atomic E-state index is -0.423. The molecule has 1 heterocycles. The summed E-state index contributed by atoms with van der Waals surface area (Å²) in [4.78, 5) is 24.2. The number of piperidine rings is 1. The molecule has 0 bridgehead atoms. The first kappa shape index (κ1) is 14.8. The van der Waals surface area contributed by atoms with Crippen LogP contribution < -0.4 is 11.1 Å². The van der Waals surface area contributed by atoms with Crippen LogP contribution in [0.2, 0.25) is 0 Å². The van der Waals surface area contributed by atoms with Gasteiger partial charge in [-0.05, 0) is 25.3 Å². The highest BCUT2D eigenvalue weighted by Crippen LogP contribution is 2.20. The highest BCUT2D eigenvalue weighted by molar-refractivity contribution is 5.73. The van der Waals surface area contributed by atoms with Crippen molar-refractivity contribution in [3.63, 3.8) is 0 Å². The smallest absolute Gasteiger partial charge is 0.314 e. The first-order valence-corrected chi connectivity index (χ1v) is 6.41. The van der Waals surface area contributed by atoms with Crippen LogP contribution in [-0.2, 0) is 9.53 Å². The van der Waals surface area contributed by atoms with E-state index in [0.717, 1.165) is 19.4 Å². The molecule has 0 aromatic rings. The zero-order chi connectivity index (χ0) is 13.5. The highest BCUT2D eigenvalue weighted by atomic mass is 16.5. The third-order valence-corrected chi connectivity index (χ3v) is 3.21. The van der Waals surface area contributed by atoms with E-state index >= 15 is 0 Å². The van der Waals surface area contributed by atoms with E-state index in [0.29, 0.717) is 19.5 Å². The topological polar surface area (TPSA) is 84.7 Å². The molecule has 2 unspecified atom stereocenters. The summed E-state index contributed by atoms with van der Waals surface area (Å²) in [7, 11) is 1.38. The molecular formula is C12H23N3O3. The lowest BCUT2D eigenvalue weighted by molar-refractivity contribution is -0.142. The number of ether oxygens (including phenoxy) is 1. The summed E-state index contributed by atoms with van der Waals surface area (Å²) < 4.78 is 4.67. The molecule has 0 aliphatic carbocycles. The van der Waals surface area contributed by atoms with Crippen LogP contribution in [-0.4, -0.2) is 49.7 Å². The predicted molar refractivity (Wildman–Crippen MR) is 68.0 cm³/mol. The Labute approximate surface area is 108 Å². The number of esters is 1. The van der Waals surface area contributed by atoms with E-state index < -0.39 is 6.03 Å². The molecule has 3 N–H and O–H groups in total. The van der Waals surface area contributed by atoms with Crippen LogP contribution in [0.4, 0.5) is 4.79 Å². The summed E-state index contributed by atoms with van der Waals surface area (Å²) >= 11 is 0. The summed E-state index contributed by atoms with van der Waals surface area (Å²) in [5.74, 6) is -0.117. The number of primary amides is 1. The average Bonchev–Trinajstić information content (AvgIpc) is 2.35. The van der Waals surface area contributed by atoms with E-state index in [9.17, 15) is 9.59 Å². The van der Waals surface area contributed by atoms with Crippen LogP contribution in [0.5, 0.6) is 0 Å². The first-order valence-electron chi connectivity index (χ1n) is 6.41. The van der Waals surface area contributed by atoms with Crippen molar-refractivity contribution in [2.75, 3.05) is 26.7 Å². The van der Waals surface area contributed by atoms with Crippen molar-refractivity contribution in [3.8, 4) is 0 Å². The molecule has 2 atom stereocenters. The maximum Gasteiger partial charge on any atom is 0.314 e. The molecular weight excluding hydrogens is 234 g/mol. The van der Waals surface area contributed by atoms with Crippen LogP contribution in [0, 0.1) is 5.92 Å². The molecule has 0 saturated carbocycles. The van der Waals surface area contributed by atoms with Gasteiger partial charge in [-0.25, -0.2) is 4.79 Å². The monoisotopic (exact) mass is 257 g/mol. The van der Waals surface area contributed by atoms with E-state index in [2.05, 4.69) is 17.0 Å². The first-order chi connectivity index (χ1) is 8.56. The van der Waals surface area contributed by atoms with Gasteiger partial charge in [0.05, 0.1) is 13.5 Å². The molecule has 0 spiro atoms. The maximum atomic E-state index is 11.3. The number of nitrogens with zero attached hydrogens (tertiary/aromatic N) is 1. The number of likely N-dealkylation sites (tertiary alicyclic amines) is 1. The molecule has 0 aromatic heterocycles. The average molecular weight is 257 g/mol. The van der Waals surface area contributed by atoms with E-state index in [1.54, 1.807) is 4.90 Å². The number of methoxy groups -OCH3 is 1. The molecule has 6 nitrogen and oxygen atoms in total. The van der Waals surface area contributed by atoms with Gasteiger partial charge in [-0.15, -0.1) is 0 Å². The molecule has 1 saturated heterocycles. The van der Waals surface area contributed by atoms with Crippen LogP contribution in [0.1, 0.15) is 26.2 Å². The maximum absolute atomic E-state index is 11.3. The molecule has 18 heavy (non-hydrogen) atoms. The number of rotatable bonds is 5. The van der Waals surface area contributed by atoms with Crippen molar-refractivity contribution in [1.82, 2.24) is 10.2 Å². The van der Waals surface area contributed by atoms with Gasteiger partial charge in [0.1, 0.15) is 0 Å². The Morgan fingerprint density at radius 1 is 1.44 bits per heavy atom. The van der Waals surface area contributed by atoms with Crippen molar-refractivity contribution in [2.24, 2.45) is 11.7 Å². The number of carbonyl (C=O) groups is 2. The summed E-state index contributed by atoms with van der Waals surface area (Å²) in [5.41, 5.74) is 5.33. The van der Waals surface area contributed by atoms with E-state index in [1.165, 1.54) is 7.11 Å². The second kappa shape index (κ2) is 7.20. The van der Waals surface area contributed by atoms with Gasteiger partial charge >= 0.3 is 12.0 Å². The molecule has 1 rings (SSSR count). The Morgan fingerprint density at radius 2 is 2.17 bits per heavy atom. The van der Waals surface area contributed by atoms with Crippen LogP contribution in [0.15, 0.2) is 0 Å². The Bertz CT molecular complexity index is 296. The van der Waals surface area contributed by atoms with E-state index in [-0.39, 0.29) is 17.9 Å². The van der Waals surface area contributed by atoms with Gasteiger partial charge in [0.15, 0.2) is 0 Å². The Hall–Kier alpha value is -1.30. The number of hydrogen-bond acceptors (Lipinski definition) is 4. The van der Waals surface area contributed by atoms with Crippen LogP contribution in [0.3, 0.4) is 0 Å². The van der Waals surface area contributed by atoms with Crippen molar-refractivity contribution in [1.29, 1.82) is 0 Å². The Balaban J connectivity index is 2.56. The third kappa shape index (κ3) is 4.52. The lowest BCUT2D eigenvalue weighted by Crippen LogP contribution is -2.53. The van der Waals surface area contributed by atoms with Crippen LogP contribution >= 0.6 is 0 Å². The Morgan fingerprint density at radius 3 is 2.72 bits per heavy atom. The molecule has 1 aliphatic rings. The summed E-state index contributed by atoms with van der Waals surface area (Å²) in [6, 6.07) is -0.214. The number of carbonyl (C=O) groups excluding carboxylic acids is 2. The largest absolute Gasteiger partial charge is 0.469 e. The van der Waals surface area contributed by atoms with Gasteiger partial charge in [-0.2, -0.15) is 0 Å².